The second-order valence-electron chi connectivity index (χ2n) is 18.9. The molecule has 3 heterocycles. The largest absolute Gasteiger partial charge is 0.311 e. The van der Waals surface area contributed by atoms with Gasteiger partial charge in [-0.2, -0.15) is 10.5 Å². The summed E-state index contributed by atoms with van der Waals surface area (Å²) in [7, 11) is 0. The SMILES string of the molecule is CC1(C)c2ccccc2-c2cc(-c3c(-n4c5c(c6ccccc64)C=CCC5)c(C#N)c(-n4c5ccccc5c5c6ccccc6ccc54)c(C#N)c3-n3c4ccccc4c4ccccc43)ccc21. The summed E-state index contributed by atoms with van der Waals surface area (Å²) in [5, 5.41) is 32.3. The number of para-hydroxylation sites is 4. The lowest BCUT2D eigenvalue weighted by atomic mass is 9.82. The van der Waals surface area contributed by atoms with Crippen molar-refractivity contribution in [2.45, 2.75) is 32.1 Å². The van der Waals surface area contributed by atoms with Crippen LogP contribution < -0.4 is 0 Å². The molecule has 0 saturated heterocycles. The summed E-state index contributed by atoms with van der Waals surface area (Å²) in [6.07, 6.45) is 6.18. The molecule has 3 aromatic heterocycles. The molecule has 12 aromatic rings. The van der Waals surface area contributed by atoms with Gasteiger partial charge in [0, 0.05) is 49.2 Å². The number of benzene rings is 9. The Labute approximate surface area is 392 Å². The summed E-state index contributed by atoms with van der Waals surface area (Å²) in [6.45, 7) is 4.62. The van der Waals surface area contributed by atoms with E-state index in [1.54, 1.807) is 0 Å². The lowest BCUT2D eigenvalue weighted by Crippen LogP contribution is -2.16. The smallest absolute Gasteiger partial charge is 0.104 e. The van der Waals surface area contributed by atoms with Crippen LogP contribution in [0.4, 0.5) is 0 Å². The van der Waals surface area contributed by atoms with E-state index in [1.807, 2.05) is 0 Å². The van der Waals surface area contributed by atoms with Crippen molar-refractivity contribution >= 4 is 71.4 Å². The van der Waals surface area contributed by atoms with Gasteiger partial charge in [-0.3, -0.25) is 0 Å². The maximum atomic E-state index is 12.3. The quantitative estimate of drug-likeness (QED) is 0.177. The molecule has 0 fully saturated rings. The summed E-state index contributed by atoms with van der Waals surface area (Å²) in [4.78, 5) is 0. The van der Waals surface area contributed by atoms with E-state index in [2.05, 4.69) is 228 Å². The maximum absolute atomic E-state index is 12.3. The van der Waals surface area contributed by atoms with E-state index in [-0.39, 0.29) is 5.41 Å². The normalized spacial score (nSPS) is 13.6. The average Bonchev–Trinajstić information content (AvgIpc) is 4.09. The first-order chi connectivity index (χ1) is 33.5. The summed E-state index contributed by atoms with van der Waals surface area (Å²) in [5.41, 5.74) is 16.6. The molecular formula is C63H41N5. The number of fused-ring (bicyclic) bond motifs is 14. The Morgan fingerprint density at radius 1 is 0.471 bits per heavy atom. The van der Waals surface area contributed by atoms with Crippen molar-refractivity contribution in [1.82, 2.24) is 13.7 Å². The van der Waals surface area contributed by atoms with Gasteiger partial charge in [-0.25, -0.2) is 0 Å². The van der Waals surface area contributed by atoms with Crippen molar-refractivity contribution < 1.29 is 0 Å². The van der Waals surface area contributed by atoms with Crippen molar-refractivity contribution in [2.24, 2.45) is 0 Å². The molecule has 14 rings (SSSR count). The highest BCUT2D eigenvalue weighted by Gasteiger charge is 2.38. The van der Waals surface area contributed by atoms with Crippen molar-refractivity contribution in [3.8, 4) is 51.5 Å². The zero-order valence-electron chi connectivity index (χ0n) is 37.5. The van der Waals surface area contributed by atoms with Crippen LogP contribution in [0, 0.1) is 22.7 Å². The first-order valence-electron chi connectivity index (χ1n) is 23.5. The molecule has 2 aliphatic carbocycles. The summed E-state index contributed by atoms with van der Waals surface area (Å²) >= 11 is 0. The summed E-state index contributed by atoms with van der Waals surface area (Å²) < 4.78 is 6.93. The van der Waals surface area contributed by atoms with Crippen LogP contribution in [0.1, 0.15) is 53.8 Å². The number of nitriles is 2. The first kappa shape index (κ1) is 38.4. The second kappa shape index (κ2) is 14.1. The first-order valence-corrected chi connectivity index (χ1v) is 23.5. The highest BCUT2D eigenvalue weighted by atomic mass is 15.1. The standard InChI is InChI=1S/C63H41N5/c1-63(2)50-25-11-5-19-41(50)47-35-39(31-33-51(47)63)58-61(66-52-26-12-6-20-42(52)43-21-7-13-27-53(43)66)48(36-64)60(49(37-65)62(58)67-54-28-14-8-22-44(54)45-23-9-15-29-55(45)67)68-56-30-16-10-24-46(56)59-40-18-4-3-17-38(40)32-34-57(59)68/h3-14,16-28,30-35H,15,29H2,1-2H3. The minimum atomic E-state index is -0.217. The molecule has 318 valence electrons. The molecule has 0 bridgehead atoms. The van der Waals surface area contributed by atoms with Crippen LogP contribution in [-0.2, 0) is 11.8 Å². The monoisotopic (exact) mass is 867 g/mol. The molecule has 5 nitrogen and oxygen atoms in total. The molecule has 9 aromatic carbocycles. The molecule has 0 atom stereocenters. The third-order valence-electron chi connectivity index (χ3n) is 15.2. The summed E-state index contributed by atoms with van der Waals surface area (Å²) in [6, 6.07) is 68.3. The van der Waals surface area contributed by atoms with Crippen LogP contribution in [0.3, 0.4) is 0 Å². The van der Waals surface area contributed by atoms with Crippen LogP contribution in [0.25, 0.3) is 111 Å². The number of rotatable bonds is 4. The van der Waals surface area contributed by atoms with Gasteiger partial charge in [0.15, 0.2) is 0 Å². The van der Waals surface area contributed by atoms with Crippen molar-refractivity contribution in [3.63, 3.8) is 0 Å². The minimum Gasteiger partial charge on any atom is -0.311 e. The van der Waals surface area contributed by atoms with Crippen LogP contribution in [-0.4, -0.2) is 13.7 Å². The minimum absolute atomic E-state index is 0.217. The van der Waals surface area contributed by atoms with Gasteiger partial charge in [0.25, 0.3) is 0 Å². The fourth-order valence-electron chi connectivity index (χ4n) is 12.3. The topological polar surface area (TPSA) is 62.4 Å². The van der Waals surface area contributed by atoms with Gasteiger partial charge in [-0.1, -0.05) is 166 Å². The predicted molar refractivity (Wildman–Crippen MR) is 279 cm³/mol. The molecule has 68 heavy (non-hydrogen) atoms. The third-order valence-corrected chi connectivity index (χ3v) is 15.2. The van der Waals surface area contributed by atoms with Gasteiger partial charge in [0.2, 0.25) is 0 Å². The van der Waals surface area contributed by atoms with E-state index in [0.29, 0.717) is 16.8 Å². The van der Waals surface area contributed by atoms with E-state index in [0.717, 1.165) is 106 Å². The maximum Gasteiger partial charge on any atom is 0.104 e. The Morgan fingerprint density at radius 3 is 1.72 bits per heavy atom. The Hall–Kier alpha value is -8.90. The van der Waals surface area contributed by atoms with Crippen molar-refractivity contribution in [3.05, 3.63) is 216 Å². The molecule has 2 aliphatic rings. The summed E-state index contributed by atoms with van der Waals surface area (Å²) in [5.74, 6) is 0. The Morgan fingerprint density at radius 2 is 1.01 bits per heavy atom. The molecule has 0 spiro atoms. The molecule has 0 saturated carbocycles. The third kappa shape index (κ3) is 4.97. The fraction of sp³-hybridized carbons (Fsp3) is 0.0794. The second-order valence-corrected chi connectivity index (χ2v) is 18.9. The van der Waals surface area contributed by atoms with E-state index in [4.69, 9.17) is 0 Å². The molecular weight excluding hydrogens is 827 g/mol. The van der Waals surface area contributed by atoms with Gasteiger partial charge in [-0.05, 0) is 87.8 Å². The van der Waals surface area contributed by atoms with Gasteiger partial charge in [0.05, 0.1) is 44.6 Å². The highest BCUT2D eigenvalue weighted by molar-refractivity contribution is 6.22. The fourth-order valence-corrected chi connectivity index (χ4v) is 12.3. The van der Waals surface area contributed by atoms with Crippen molar-refractivity contribution in [1.29, 1.82) is 10.5 Å². The highest BCUT2D eigenvalue weighted by Crippen LogP contribution is 2.53. The number of nitrogens with zero attached hydrogens (tertiary/aromatic N) is 5. The van der Waals surface area contributed by atoms with E-state index >= 15 is 0 Å². The van der Waals surface area contributed by atoms with E-state index < -0.39 is 0 Å². The van der Waals surface area contributed by atoms with Crippen LogP contribution >= 0.6 is 0 Å². The zero-order chi connectivity index (χ0) is 45.4. The van der Waals surface area contributed by atoms with Gasteiger partial charge in [-0.15, -0.1) is 0 Å². The molecule has 0 N–H and O–H groups in total. The van der Waals surface area contributed by atoms with Crippen LogP contribution in [0.15, 0.2) is 182 Å². The van der Waals surface area contributed by atoms with Crippen LogP contribution in [0.2, 0.25) is 0 Å². The zero-order valence-corrected chi connectivity index (χ0v) is 37.5. The molecule has 0 radical (unpaired) electrons. The number of allylic oxidation sites excluding steroid dienone is 1. The van der Waals surface area contributed by atoms with E-state index in [9.17, 15) is 10.5 Å². The van der Waals surface area contributed by atoms with Gasteiger partial charge < -0.3 is 13.7 Å². The number of hydrogen-bond donors (Lipinski definition) is 0. The number of aromatic nitrogens is 3. The average molecular weight is 868 g/mol. The molecule has 5 heteroatoms. The lowest BCUT2D eigenvalue weighted by Gasteiger charge is -2.27. The van der Waals surface area contributed by atoms with Gasteiger partial charge >= 0.3 is 0 Å². The molecule has 0 unspecified atom stereocenters. The lowest BCUT2D eigenvalue weighted by molar-refractivity contribution is 0.660. The van der Waals surface area contributed by atoms with Crippen LogP contribution in [0.5, 0.6) is 0 Å². The number of hydrogen-bond acceptors (Lipinski definition) is 2. The molecule has 0 aliphatic heterocycles. The van der Waals surface area contributed by atoms with Gasteiger partial charge in [0.1, 0.15) is 23.3 Å². The Kier molecular flexibility index (Phi) is 7.93. The Bertz CT molecular complexity index is 4270. The molecule has 0 amide bonds. The van der Waals surface area contributed by atoms with E-state index in [1.165, 1.54) is 27.8 Å². The Balaban J connectivity index is 1.27. The predicted octanol–water partition coefficient (Wildman–Crippen LogP) is 15.7. The van der Waals surface area contributed by atoms with Crippen molar-refractivity contribution in [2.75, 3.05) is 0 Å².